The van der Waals surface area contributed by atoms with Crippen molar-refractivity contribution < 1.29 is 4.39 Å². The van der Waals surface area contributed by atoms with Crippen molar-refractivity contribution in [3.05, 3.63) is 78.5 Å². The topological polar surface area (TPSA) is 96.0 Å². The Morgan fingerprint density at radius 2 is 1.81 bits per heavy atom. The Kier molecular flexibility index (Phi) is 4.04. The second kappa shape index (κ2) is 7.05. The van der Waals surface area contributed by atoms with Gasteiger partial charge in [-0.05, 0) is 55.0 Å². The number of benzene rings is 1. The summed E-state index contributed by atoms with van der Waals surface area (Å²) in [5.41, 5.74) is 6.55. The van der Waals surface area contributed by atoms with Gasteiger partial charge in [-0.1, -0.05) is 6.07 Å². The van der Waals surface area contributed by atoms with Gasteiger partial charge in [0, 0.05) is 29.7 Å². The minimum absolute atomic E-state index is 0.305. The van der Waals surface area contributed by atoms with E-state index in [9.17, 15) is 4.39 Å². The zero-order chi connectivity index (χ0) is 21.7. The molecule has 0 aliphatic heterocycles. The minimum Gasteiger partial charge on any atom is -0.336 e. The Morgan fingerprint density at radius 1 is 0.875 bits per heavy atom. The number of fused-ring (bicyclic) bond motifs is 2. The van der Waals surface area contributed by atoms with Crippen LogP contribution in [-0.4, -0.2) is 35.1 Å². The summed E-state index contributed by atoms with van der Waals surface area (Å²) in [6.45, 7) is 1.85. The molecule has 2 N–H and O–H groups in total. The molecule has 0 spiro atoms. The Hall–Kier alpha value is -4.46. The fraction of sp³-hybridized carbons (Fsp3) is 0.0417. The predicted molar refractivity (Wildman–Crippen MR) is 120 cm³/mol. The number of nitrogens with zero attached hydrogens (tertiary/aromatic N) is 5. The molecule has 1 aromatic carbocycles. The Bertz CT molecular complexity index is 1580. The van der Waals surface area contributed by atoms with Crippen molar-refractivity contribution in [3.63, 3.8) is 0 Å². The van der Waals surface area contributed by atoms with E-state index in [2.05, 4.69) is 30.1 Å². The highest BCUT2D eigenvalue weighted by atomic mass is 19.1. The van der Waals surface area contributed by atoms with Crippen molar-refractivity contribution in [2.45, 2.75) is 6.92 Å². The third kappa shape index (κ3) is 3.01. The Morgan fingerprint density at radius 3 is 2.66 bits per heavy atom. The number of halogens is 1. The molecule has 0 atom stereocenters. The van der Waals surface area contributed by atoms with Gasteiger partial charge < -0.3 is 4.98 Å². The molecule has 5 aromatic heterocycles. The summed E-state index contributed by atoms with van der Waals surface area (Å²) in [6.07, 6.45) is 5.19. The number of imidazole rings is 1. The Balaban J connectivity index is 1.52. The zero-order valence-corrected chi connectivity index (χ0v) is 17.0. The van der Waals surface area contributed by atoms with Crippen LogP contribution in [0.4, 0.5) is 4.39 Å². The average Bonchev–Trinajstić information content (AvgIpc) is 3.42. The van der Waals surface area contributed by atoms with Crippen LogP contribution < -0.4 is 0 Å². The lowest BCUT2D eigenvalue weighted by Crippen LogP contribution is -1.88. The molecule has 6 aromatic rings. The standard InChI is InChI=1S/C24H16FN7/c1-13-8-14(10-16(25)9-13)20-22-19(5-7-27-20)29-24(30-22)21-17-11-15(12-28-23(17)32-31-21)18-4-2-3-6-26-18/h2-12H,1H3,(H,29,30)(H,28,31,32). The van der Waals surface area contributed by atoms with Gasteiger partial charge in [-0.2, -0.15) is 5.10 Å². The van der Waals surface area contributed by atoms with Crippen molar-refractivity contribution >= 4 is 22.1 Å². The molecule has 0 fully saturated rings. The monoisotopic (exact) mass is 421 g/mol. The van der Waals surface area contributed by atoms with Gasteiger partial charge in [0.1, 0.15) is 17.0 Å². The molecule has 0 saturated heterocycles. The largest absolute Gasteiger partial charge is 0.336 e. The number of hydrogen-bond donors (Lipinski definition) is 2. The number of aromatic nitrogens is 7. The maximum absolute atomic E-state index is 14.0. The van der Waals surface area contributed by atoms with Crippen LogP contribution in [0.15, 0.2) is 67.1 Å². The number of hydrogen-bond acceptors (Lipinski definition) is 5. The molecule has 0 unspecified atom stereocenters. The van der Waals surface area contributed by atoms with E-state index in [-0.39, 0.29) is 5.82 Å². The summed E-state index contributed by atoms with van der Waals surface area (Å²) >= 11 is 0. The van der Waals surface area contributed by atoms with Crippen LogP contribution in [0.3, 0.4) is 0 Å². The lowest BCUT2D eigenvalue weighted by molar-refractivity contribution is 0.627. The number of aryl methyl sites for hydroxylation is 1. The van der Waals surface area contributed by atoms with E-state index in [1.807, 2.05) is 43.3 Å². The molecule has 32 heavy (non-hydrogen) atoms. The van der Waals surface area contributed by atoms with Crippen LogP contribution in [0.1, 0.15) is 5.56 Å². The summed E-state index contributed by atoms with van der Waals surface area (Å²) < 4.78 is 14.0. The fourth-order valence-corrected chi connectivity index (χ4v) is 3.89. The maximum Gasteiger partial charge on any atom is 0.159 e. The first-order valence-electron chi connectivity index (χ1n) is 10.0. The van der Waals surface area contributed by atoms with Gasteiger partial charge in [0.2, 0.25) is 0 Å². The van der Waals surface area contributed by atoms with Gasteiger partial charge in [-0.25, -0.2) is 14.4 Å². The molecule has 154 valence electrons. The lowest BCUT2D eigenvalue weighted by atomic mass is 10.1. The van der Waals surface area contributed by atoms with Crippen LogP contribution in [-0.2, 0) is 0 Å². The van der Waals surface area contributed by atoms with E-state index >= 15 is 0 Å². The molecule has 0 aliphatic rings. The summed E-state index contributed by atoms with van der Waals surface area (Å²) in [5, 5.41) is 8.23. The van der Waals surface area contributed by atoms with Crippen molar-refractivity contribution in [3.8, 4) is 34.0 Å². The van der Waals surface area contributed by atoms with Crippen molar-refractivity contribution in [1.82, 2.24) is 35.1 Å². The van der Waals surface area contributed by atoms with E-state index in [0.29, 0.717) is 33.9 Å². The van der Waals surface area contributed by atoms with E-state index in [1.165, 1.54) is 12.1 Å². The summed E-state index contributed by atoms with van der Waals surface area (Å²) in [6, 6.07) is 14.4. The first-order chi connectivity index (χ1) is 15.7. The van der Waals surface area contributed by atoms with Crippen LogP contribution in [0.2, 0.25) is 0 Å². The average molecular weight is 421 g/mol. The molecule has 0 amide bonds. The molecule has 6 rings (SSSR count). The highest BCUT2D eigenvalue weighted by Gasteiger charge is 2.17. The zero-order valence-electron chi connectivity index (χ0n) is 17.0. The highest BCUT2D eigenvalue weighted by molar-refractivity contribution is 5.96. The van der Waals surface area contributed by atoms with E-state index < -0.39 is 0 Å². The van der Waals surface area contributed by atoms with Crippen molar-refractivity contribution in [2.24, 2.45) is 0 Å². The predicted octanol–water partition coefficient (Wildman–Crippen LogP) is 5.07. The summed E-state index contributed by atoms with van der Waals surface area (Å²) in [4.78, 5) is 21.5. The molecular weight excluding hydrogens is 405 g/mol. The summed E-state index contributed by atoms with van der Waals surface area (Å²) in [7, 11) is 0. The van der Waals surface area contributed by atoms with E-state index in [0.717, 1.165) is 27.7 Å². The van der Waals surface area contributed by atoms with Crippen molar-refractivity contribution in [2.75, 3.05) is 0 Å². The number of aromatic amines is 2. The van der Waals surface area contributed by atoms with Crippen LogP contribution in [0.25, 0.3) is 56.1 Å². The molecule has 7 nitrogen and oxygen atoms in total. The highest BCUT2D eigenvalue weighted by Crippen LogP contribution is 2.31. The van der Waals surface area contributed by atoms with Crippen LogP contribution in [0, 0.1) is 12.7 Å². The van der Waals surface area contributed by atoms with Crippen LogP contribution in [0.5, 0.6) is 0 Å². The maximum atomic E-state index is 14.0. The molecule has 0 saturated carbocycles. The van der Waals surface area contributed by atoms with Gasteiger partial charge in [0.05, 0.1) is 22.3 Å². The Labute approximate surface area is 181 Å². The third-order valence-corrected chi connectivity index (χ3v) is 5.32. The van der Waals surface area contributed by atoms with E-state index in [1.54, 1.807) is 18.6 Å². The minimum atomic E-state index is -0.305. The van der Waals surface area contributed by atoms with Gasteiger partial charge in [-0.15, -0.1) is 0 Å². The lowest BCUT2D eigenvalue weighted by Gasteiger charge is -2.03. The number of nitrogens with one attached hydrogen (secondary N) is 2. The van der Waals surface area contributed by atoms with Gasteiger partial charge in [0.25, 0.3) is 0 Å². The van der Waals surface area contributed by atoms with Crippen molar-refractivity contribution in [1.29, 1.82) is 0 Å². The summed E-state index contributed by atoms with van der Waals surface area (Å²) in [5.74, 6) is 0.273. The normalized spacial score (nSPS) is 11.4. The molecule has 0 bridgehead atoms. The molecule has 5 heterocycles. The van der Waals surface area contributed by atoms with Crippen LogP contribution >= 0.6 is 0 Å². The number of H-pyrrole nitrogens is 2. The smallest absolute Gasteiger partial charge is 0.159 e. The molecule has 0 aliphatic carbocycles. The first-order valence-corrected chi connectivity index (χ1v) is 10.0. The number of rotatable bonds is 3. The fourth-order valence-electron chi connectivity index (χ4n) is 3.89. The number of pyridine rings is 3. The SMILES string of the molecule is Cc1cc(F)cc(-c2nccc3[nH]c(-c4n[nH]c5ncc(-c6ccccn6)cc45)nc23)c1. The first kappa shape index (κ1) is 18.3. The second-order valence-corrected chi connectivity index (χ2v) is 7.57. The molecule has 0 radical (unpaired) electrons. The quantitative estimate of drug-likeness (QED) is 0.416. The second-order valence-electron chi connectivity index (χ2n) is 7.57. The van der Waals surface area contributed by atoms with Gasteiger partial charge >= 0.3 is 0 Å². The molecular formula is C24H16FN7. The van der Waals surface area contributed by atoms with Gasteiger partial charge in [-0.3, -0.25) is 15.1 Å². The third-order valence-electron chi connectivity index (χ3n) is 5.32. The van der Waals surface area contributed by atoms with E-state index in [4.69, 9.17) is 4.98 Å². The molecule has 8 heteroatoms. The van der Waals surface area contributed by atoms with Gasteiger partial charge in [0.15, 0.2) is 11.5 Å².